The molecule has 1 aliphatic heterocycles. The summed E-state index contributed by atoms with van der Waals surface area (Å²) in [6.07, 6.45) is -1.04. The molecule has 0 aromatic carbocycles. The van der Waals surface area contributed by atoms with Crippen LogP contribution in [0.2, 0.25) is 5.02 Å². The zero-order chi connectivity index (χ0) is 23.0. The van der Waals surface area contributed by atoms with Crippen molar-refractivity contribution in [1.82, 2.24) is 19.9 Å². The van der Waals surface area contributed by atoms with Crippen LogP contribution in [0, 0.1) is 0 Å². The first kappa shape index (κ1) is 22.1. The summed E-state index contributed by atoms with van der Waals surface area (Å²) in [5.74, 6) is 1.70. The smallest absolute Gasteiger partial charge is 0.347 e. The number of pyridine rings is 2. The molecule has 3 aromatic heterocycles. The van der Waals surface area contributed by atoms with Crippen LogP contribution in [0.15, 0.2) is 36.7 Å². The molecule has 0 saturated heterocycles. The number of nitrogens with one attached hydrogen (secondary N) is 1. The fraction of sp³-hybridized carbons (Fsp3) is 0.333. The Balaban J connectivity index is 1.70. The summed E-state index contributed by atoms with van der Waals surface area (Å²) >= 11 is 6.37. The van der Waals surface area contributed by atoms with Crippen LogP contribution in [0.5, 0.6) is 0 Å². The Morgan fingerprint density at radius 1 is 1.16 bits per heavy atom. The number of aromatic nitrogens is 4. The van der Waals surface area contributed by atoms with Crippen LogP contribution in [0.4, 0.5) is 36.4 Å². The predicted octanol–water partition coefficient (Wildman–Crippen LogP) is 4.70. The van der Waals surface area contributed by atoms with Crippen LogP contribution in [0.3, 0.4) is 0 Å². The predicted molar refractivity (Wildman–Crippen MR) is 117 cm³/mol. The molecule has 168 valence electrons. The molecule has 32 heavy (non-hydrogen) atoms. The van der Waals surface area contributed by atoms with Gasteiger partial charge in [-0.2, -0.15) is 18.2 Å². The van der Waals surface area contributed by atoms with E-state index in [4.69, 9.17) is 16.6 Å². The molecule has 4 rings (SSSR count). The standard InChI is InChI=1S/C21H21ClF3N7/c1-12-9-14-16(11-32(12)19-15(22)5-4-8-26-19)29-20(31(2)3)30-18(14)28-13-6-7-17(27-10-13)21(23,24)25/h4-8,10,12H,9,11H2,1-3H3,(H,28,29,30). The second-order valence-electron chi connectivity index (χ2n) is 7.74. The van der Waals surface area contributed by atoms with E-state index in [2.05, 4.69) is 32.1 Å². The van der Waals surface area contributed by atoms with Gasteiger partial charge in [0.15, 0.2) is 0 Å². The molecule has 0 fully saturated rings. The molecule has 3 aromatic rings. The summed E-state index contributed by atoms with van der Waals surface area (Å²) in [4.78, 5) is 21.1. The average Bonchev–Trinajstić information content (AvgIpc) is 2.74. The number of fused-ring (bicyclic) bond motifs is 1. The van der Waals surface area contributed by atoms with E-state index in [0.717, 1.165) is 23.5 Å². The van der Waals surface area contributed by atoms with Crippen LogP contribution in [-0.2, 0) is 19.1 Å². The Hall–Kier alpha value is -3.14. The van der Waals surface area contributed by atoms with Crippen molar-refractivity contribution in [2.24, 2.45) is 0 Å². The van der Waals surface area contributed by atoms with E-state index < -0.39 is 11.9 Å². The molecular weight excluding hydrogens is 443 g/mol. The van der Waals surface area contributed by atoms with Crippen molar-refractivity contribution in [3.8, 4) is 0 Å². The minimum atomic E-state index is -4.49. The van der Waals surface area contributed by atoms with Crippen molar-refractivity contribution in [3.05, 3.63) is 58.6 Å². The molecule has 1 unspecified atom stereocenters. The first-order valence-corrected chi connectivity index (χ1v) is 10.3. The minimum absolute atomic E-state index is 0.0509. The van der Waals surface area contributed by atoms with Gasteiger partial charge in [0.25, 0.3) is 0 Å². The summed E-state index contributed by atoms with van der Waals surface area (Å²) in [6, 6.07) is 5.90. The van der Waals surface area contributed by atoms with E-state index in [9.17, 15) is 13.2 Å². The number of rotatable bonds is 4. The van der Waals surface area contributed by atoms with Gasteiger partial charge in [0.05, 0.1) is 29.1 Å². The third-order valence-electron chi connectivity index (χ3n) is 5.16. The van der Waals surface area contributed by atoms with Gasteiger partial charge in [-0.15, -0.1) is 0 Å². The molecular formula is C21H21ClF3N7. The molecule has 0 bridgehead atoms. The lowest BCUT2D eigenvalue weighted by Crippen LogP contribution is -2.40. The zero-order valence-electron chi connectivity index (χ0n) is 17.7. The molecule has 0 amide bonds. The quantitative estimate of drug-likeness (QED) is 0.601. The van der Waals surface area contributed by atoms with Gasteiger partial charge < -0.3 is 15.1 Å². The highest BCUT2D eigenvalue weighted by atomic mass is 35.5. The highest BCUT2D eigenvalue weighted by Crippen LogP contribution is 2.35. The van der Waals surface area contributed by atoms with Gasteiger partial charge in [0.1, 0.15) is 17.3 Å². The van der Waals surface area contributed by atoms with Crippen LogP contribution >= 0.6 is 11.6 Å². The van der Waals surface area contributed by atoms with E-state index in [1.807, 2.05) is 14.1 Å². The van der Waals surface area contributed by atoms with E-state index >= 15 is 0 Å². The number of hydrogen-bond donors (Lipinski definition) is 1. The van der Waals surface area contributed by atoms with Gasteiger partial charge in [-0.3, -0.25) is 0 Å². The lowest BCUT2D eigenvalue weighted by atomic mass is 9.98. The van der Waals surface area contributed by atoms with Crippen LogP contribution in [0.25, 0.3) is 0 Å². The summed E-state index contributed by atoms with van der Waals surface area (Å²) in [5, 5.41) is 3.68. The molecule has 1 N–H and O–H groups in total. The highest BCUT2D eigenvalue weighted by molar-refractivity contribution is 6.32. The van der Waals surface area contributed by atoms with E-state index in [1.165, 1.54) is 6.07 Å². The molecule has 1 atom stereocenters. The zero-order valence-corrected chi connectivity index (χ0v) is 18.4. The van der Waals surface area contributed by atoms with Gasteiger partial charge in [-0.25, -0.2) is 15.0 Å². The monoisotopic (exact) mass is 463 g/mol. The van der Waals surface area contributed by atoms with Crippen LogP contribution in [0.1, 0.15) is 23.9 Å². The van der Waals surface area contributed by atoms with E-state index in [-0.39, 0.29) is 6.04 Å². The average molecular weight is 464 g/mol. The number of nitrogens with zero attached hydrogens (tertiary/aromatic N) is 6. The van der Waals surface area contributed by atoms with Gasteiger partial charge in [-0.1, -0.05) is 11.6 Å². The maximum absolute atomic E-state index is 12.8. The largest absolute Gasteiger partial charge is 0.433 e. The number of halogens is 4. The second-order valence-corrected chi connectivity index (χ2v) is 8.14. The molecule has 1 aliphatic rings. The van der Waals surface area contributed by atoms with Gasteiger partial charge in [0, 0.05) is 31.9 Å². The van der Waals surface area contributed by atoms with Crippen molar-refractivity contribution in [3.63, 3.8) is 0 Å². The highest BCUT2D eigenvalue weighted by Gasteiger charge is 2.32. The third-order valence-corrected chi connectivity index (χ3v) is 5.46. The Bertz CT molecular complexity index is 1120. The lowest BCUT2D eigenvalue weighted by Gasteiger charge is -2.36. The minimum Gasteiger partial charge on any atom is -0.347 e. The van der Waals surface area contributed by atoms with Gasteiger partial charge in [0.2, 0.25) is 5.95 Å². The maximum atomic E-state index is 12.8. The Morgan fingerprint density at radius 3 is 2.56 bits per heavy atom. The topological polar surface area (TPSA) is 70.1 Å². The summed E-state index contributed by atoms with van der Waals surface area (Å²) in [5.41, 5.74) is 1.15. The lowest BCUT2D eigenvalue weighted by molar-refractivity contribution is -0.141. The van der Waals surface area contributed by atoms with Crippen LogP contribution in [-0.4, -0.2) is 40.1 Å². The first-order valence-electron chi connectivity index (χ1n) is 9.88. The van der Waals surface area contributed by atoms with Crippen molar-refractivity contribution in [1.29, 1.82) is 0 Å². The van der Waals surface area contributed by atoms with Crippen molar-refractivity contribution >= 4 is 34.9 Å². The summed E-state index contributed by atoms with van der Waals surface area (Å²) < 4.78 is 38.5. The molecule has 0 radical (unpaired) electrons. The van der Waals surface area contributed by atoms with Crippen molar-refractivity contribution < 1.29 is 13.2 Å². The SMILES string of the molecule is CC1Cc2c(nc(N(C)C)nc2Nc2ccc(C(F)(F)F)nc2)CN1c1ncccc1Cl. The Kier molecular flexibility index (Phi) is 5.81. The number of alkyl halides is 3. The normalized spacial score (nSPS) is 16.0. The number of anilines is 4. The molecule has 0 aliphatic carbocycles. The first-order chi connectivity index (χ1) is 15.1. The fourth-order valence-electron chi connectivity index (χ4n) is 3.53. The molecule has 0 spiro atoms. The summed E-state index contributed by atoms with van der Waals surface area (Å²) in [6.45, 7) is 2.52. The Labute approximate surface area is 188 Å². The van der Waals surface area contributed by atoms with Crippen molar-refractivity contribution in [2.45, 2.75) is 32.1 Å². The molecule has 4 heterocycles. The Morgan fingerprint density at radius 2 is 1.94 bits per heavy atom. The van der Waals surface area contributed by atoms with Gasteiger partial charge in [-0.05, 0) is 37.6 Å². The maximum Gasteiger partial charge on any atom is 0.433 e. The summed E-state index contributed by atoms with van der Waals surface area (Å²) in [7, 11) is 3.65. The number of hydrogen-bond acceptors (Lipinski definition) is 7. The molecule has 11 heteroatoms. The van der Waals surface area contributed by atoms with Crippen LogP contribution < -0.4 is 15.1 Å². The van der Waals surface area contributed by atoms with E-state index in [0.29, 0.717) is 41.3 Å². The van der Waals surface area contributed by atoms with Crippen molar-refractivity contribution in [2.75, 3.05) is 29.2 Å². The molecule has 7 nitrogen and oxygen atoms in total. The van der Waals surface area contributed by atoms with E-state index in [1.54, 1.807) is 23.2 Å². The molecule has 0 saturated carbocycles. The van der Waals surface area contributed by atoms with Gasteiger partial charge >= 0.3 is 6.18 Å². The third kappa shape index (κ3) is 4.40. The fourth-order valence-corrected chi connectivity index (χ4v) is 3.76. The second kappa shape index (κ2) is 8.42.